The summed E-state index contributed by atoms with van der Waals surface area (Å²) < 4.78 is 17.3. The largest absolute Gasteiger partial charge is 0.492 e. The summed E-state index contributed by atoms with van der Waals surface area (Å²) in [6.45, 7) is -0.0469. The maximum atomic E-state index is 11.6. The first-order valence-electron chi connectivity index (χ1n) is 6.45. The highest BCUT2D eigenvalue weighted by Crippen LogP contribution is 2.24. The molecule has 2 unspecified atom stereocenters. The molecule has 0 heterocycles. The van der Waals surface area contributed by atoms with Crippen molar-refractivity contribution >= 4 is 21.6 Å². The molecule has 0 aliphatic carbocycles. The monoisotopic (exact) mass is 294 g/mol. The van der Waals surface area contributed by atoms with Crippen LogP contribution in [0.3, 0.4) is 0 Å². The second kappa shape index (κ2) is 7.38. The summed E-state index contributed by atoms with van der Waals surface area (Å²) in [5.74, 6) is 1.18. The first-order valence-corrected chi connectivity index (χ1v) is 7.94. The minimum absolute atomic E-state index is 0.0788. The number of aliphatic hydroxyl groups excluding tert-OH is 2. The van der Waals surface area contributed by atoms with E-state index >= 15 is 0 Å². The molecule has 0 bridgehead atoms. The molecule has 0 radical (unpaired) electrons. The van der Waals surface area contributed by atoms with Crippen molar-refractivity contribution in [3.63, 3.8) is 0 Å². The summed E-state index contributed by atoms with van der Waals surface area (Å²) in [5.41, 5.74) is 0. The lowest BCUT2D eigenvalue weighted by molar-refractivity contribution is 0.113. The molecule has 0 saturated heterocycles. The molecule has 2 aromatic rings. The summed E-state index contributed by atoms with van der Waals surface area (Å²) in [6.07, 6.45) is -0.923. The van der Waals surface area contributed by atoms with Crippen LogP contribution in [0.4, 0.5) is 0 Å². The molecule has 2 rings (SSSR count). The standard InChI is InChI=1S/C15H18O4S/c16-10-13(17)11-20(18)9-8-19-15-7-3-5-12-4-1-2-6-14(12)15/h1-7,13,16-17H,8-11H2. The van der Waals surface area contributed by atoms with E-state index in [2.05, 4.69) is 0 Å². The second-order valence-electron chi connectivity index (χ2n) is 4.47. The van der Waals surface area contributed by atoms with Gasteiger partial charge in [0.25, 0.3) is 0 Å². The molecule has 5 heteroatoms. The Morgan fingerprint density at radius 2 is 1.90 bits per heavy atom. The van der Waals surface area contributed by atoms with Gasteiger partial charge < -0.3 is 14.9 Å². The number of hydrogen-bond donors (Lipinski definition) is 2. The van der Waals surface area contributed by atoms with Crippen LogP contribution in [0.5, 0.6) is 5.75 Å². The number of hydrogen-bond acceptors (Lipinski definition) is 4. The maximum Gasteiger partial charge on any atom is 0.127 e. The smallest absolute Gasteiger partial charge is 0.127 e. The summed E-state index contributed by atoms with van der Waals surface area (Å²) in [5, 5.41) is 20.0. The molecule has 20 heavy (non-hydrogen) atoms. The number of fused-ring (bicyclic) bond motifs is 1. The van der Waals surface area contributed by atoms with Crippen LogP contribution in [-0.2, 0) is 10.8 Å². The van der Waals surface area contributed by atoms with Gasteiger partial charge in [0.1, 0.15) is 5.75 Å². The van der Waals surface area contributed by atoms with Gasteiger partial charge in [-0.15, -0.1) is 0 Å². The summed E-state index contributed by atoms with van der Waals surface area (Å²) >= 11 is 0. The van der Waals surface area contributed by atoms with E-state index in [0.29, 0.717) is 12.4 Å². The number of ether oxygens (including phenoxy) is 1. The lowest BCUT2D eigenvalue weighted by atomic mass is 10.1. The quantitative estimate of drug-likeness (QED) is 0.808. The van der Waals surface area contributed by atoms with Crippen LogP contribution in [0.2, 0.25) is 0 Å². The van der Waals surface area contributed by atoms with Crippen molar-refractivity contribution in [1.29, 1.82) is 0 Å². The third kappa shape index (κ3) is 4.03. The van der Waals surface area contributed by atoms with Crippen LogP contribution in [0.1, 0.15) is 0 Å². The van der Waals surface area contributed by atoms with E-state index in [1.165, 1.54) is 0 Å². The number of rotatable bonds is 7. The van der Waals surface area contributed by atoms with Gasteiger partial charge in [-0.25, -0.2) is 0 Å². The van der Waals surface area contributed by atoms with Crippen molar-refractivity contribution in [1.82, 2.24) is 0 Å². The molecule has 0 aliphatic heterocycles. The molecule has 2 atom stereocenters. The van der Waals surface area contributed by atoms with E-state index in [4.69, 9.17) is 9.84 Å². The Labute approximate surface area is 120 Å². The van der Waals surface area contributed by atoms with Crippen molar-refractivity contribution in [2.75, 3.05) is 24.7 Å². The Morgan fingerprint density at radius 3 is 2.70 bits per heavy atom. The number of aliphatic hydroxyl groups is 2. The first kappa shape index (κ1) is 15.0. The fourth-order valence-corrected chi connectivity index (χ4v) is 2.89. The molecule has 0 fully saturated rings. The molecule has 4 nitrogen and oxygen atoms in total. The minimum atomic E-state index is -1.19. The highest BCUT2D eigenvalue weighted by Gasteiger charge is 2.08. The van der Waals surface area contributed by atoms with Crippen LogP contribution < -0.4 is 4.74 Å². The molecule has 0 spiro atoms. The van der Waals surface area contributed by atoms with Gasteiger partial charge in [0.05, 0.1) is 30.8 Å². The fraction of sp³-hybridized carbons (Fsp3) is 0.333. The molecule has 0 aromatic heterocycles. The molecule has 0 amide bonds. The van der Waals surface area contributed by atoms with Crippen molar-refractivity contribution in [3.8, 4) is 5.75 Å². The number of benzene rings is 2. The van der Waals surface area contributed by atoms with Gasteiger partial charge in [0, 0.05) is 16.2 Å². The van der Waals surface area contributed by atoms with Crippen LogP contribution >= 0.6 is 0 Å². The van der Waals surface area contributed by atoms with Gasteiger partial charge in [-0.2, -0.15) is 0 Å². The molecule has 0 saturated carbocycles. The van der Waals surface area contributed by atoms with Gasteiger partial charge in [0.15, 0.2) is 0 Å². The van der Waals surface area contributed by atoms with Gasteiger partial charge >= 0.3 is 0 Å². The van der Waals surface area contributed by atoms with Crippen LogP contribution in [0.25, 0.3) is 10.8 Å². The summed E-state index contributed by atoms with van der Waals surface area (Å²) in [6, 6.07) is 13.7. The van der Waals surface area contributed by atoms with Crippen molar-refractivity contribution in [2.24, 2.45) is 0 Å². The third-order valence-corrected chi connectivity index (χ3v) is 4.29. The lowest BCUT2D eigenvalue weighted by Crippen LogP contribution is -2.23. The van der Waals surface area contributed by atoms with Crippen molar-refractivity contribution in [2.45, 2.75) is 6.10 Å². The summed E-state index contributed by atoms with van der Waals surface area (Å²) in [4.78, 5) is 0. The third-order valence-electron chi connectivity index (χ3n) is 2.91. The molecular formula is C15H18O4S. The molecule has 2 N–H and O–H groups in total. The van der Waals surface area contributed by atoms with E-state index in [9.17, 15) is 9.32 Å². The SMILES string of the molecule is O=S(CCOc1cccc2ccccc12)CC(O)CO. The first-order chi connectivity index (χ1) is 9.70. The van der Waals surface area contributed by atoms with Crippen molar-refractivity contribution in [3.05, 3.63) is 42.5 Å². The van der Waals surface area contributed by atoms with Gasteiger partial charge in [-0.05, 0) is 11.5 Å². The van der Waals surface area contributed by atoms with Crippen LogP contribution in [0, 0.1) is 0 Å². The Bertz CT molecular complexity index is 580. The maximum absolute atomic E-state index is 11.6. The lowest BCUT2D eigenvalue weighted by Gasteiger charge is -2.10. The Hall–Kier alpha value is -1.43. The predicted molar refractivity (Wildman–Crippen MR) is 80.4 cm³/mol. The zero-order chi connectivity index (χ0) is 14.4. The van der Waals surface area contributed by atoms with Crippen LogP contribution in [-0.4, -0.2) is 45.2 Å². The Kier molecular flexibility index (Phi) is 5.52. The van der Waals surface area contributed by atoms with Gasteiger partial charge in [-0.1, -0.05) is 36.4 Å². The van der Waals surface area contributed by atoms with E-state index in [1.54, 1.807) is 0 Å². The summed E-state index contributed by atoms with van der Waals surface area (Å²) in [7, 11) is -1.19. The average Bonchev–Trinajstić information content (AvgIpc) is 2.47. The highest BCUT2D eigenvalue weighted by atomic mass is 32.2. The second-order valence-corrected chi connectivity index (χ2v) is 6.09. The van der Waals surface area contributed by atoms with Gasteiger partial charge in [0.2, 0.25) is 0 Å². The highest BCUT2D eigenvalue weighted by molar-refractivity contribution is 7.85. The minimum Gasteiger partial charge on any atom is -0.492 e. The zero-order valence-electron chi connectivity index (χ0n) is 11.1. The fourth-order valence-electron chi connectivity index (χ4n) is 1.92. The molecule has 0 aliphatic rings. The topological polar surface area (TPSA) is 66.8 Å². The molecule has 2 aromatic carbocycles. The predicted octanol–water partition coefficient (Wildman–Crippen LogP) is 1.32. The van der Waals surface area contributed by atoms with E-state index in [-0.39, 0.29) is 12.4 Å². The Morgan fingerprint density at radius 1 is 1.15 bits per heavy atom. The van der Waals surface area contributed by atoms with Gasteiger partial charge in [-0.3, -0.25) is 4.21 Å². The molecule has 108 valence electrons. The van der Waals surface area contributed by atoms with E-state index in [0.717, 1.165) is 16.5 Å². The average molecular weight is 294 g/mol. The zero-order valence-corrected chi connectivity index (χ0v) is 11.9. The van der Waals surface area contributed by atoms with Crippen LogP contribution in [0.15, 0.2) is 42.5 Å². The van der Waals surface area contributed by atoms with Crippen molar-refractivity contribution < 1.29 is 19.2 Å². The van der Waals surface area contributed by atoms with E-state index < -0.39 is 16.9 Å². The normalized spacial score (nSPS) is 14.1. The van der Waals surface area contributed by atoms with E-state index in [1.807, 2.05) is 42.5 Å². The molecular weight excluding hydrogens is 276 g/mol. The Balaban J connectivity index is 1.92.